The number of carboxylic acids is 1. The van der Waals surface area contributed by atoms with Crippen molar-refractivity contribution in [3.63, 3.8) is 0 Å². The standard InChI is InChI=1S/C19H19N3O3S/c1-21-10-13(9-20-21)12-4-3-7-22(11-12)18(23)17-8-15-14(19(24)25)5-2-6-16(15)26-17/h2,5-6,8-10,12H,3-4,7,11H2,1H3,(H,24,25). The number of aryl methyl sites for hydroxylation is 1. The van der Waals surface area contributed by atoms with E-state index in [0.717, 1.165) is 29.6 Å². The second-order valence-electron chi connectivity index (χ2n) is 6.67. The van der Waals surface area contributed by atoms with E-state index in [4.69, 9.17) is 0 Å². The van der Waals surface area contributed by atoms with Crippen molar-refractivity contribution in [1.29, 1.82) is 0 Å². The third kappa shape index (κ3) is 2.99. The van der Waals surface area contributed by atoms with Gasteiger partial charge in [0.25, 0.3) is 5.91 Å². The van der Waals surface area contributed by atoms with Crippen LogP contribution in [0.5, 0.6) is 0 Å². The van der Waals surface area contributed by atoms with Crippen molar-refractivity contribution in [2.45, 2.75) is 18.8 Å². The van der Waals surface area contributed by atoms with Crippen molar-refractivity contribution in [1.82, 2.24) is 14.7 Å². The number of likely N-dealkylation sites (tertiary alicyclic amines) is 1. The van der Waals surface area contributed by atoms with Gasteiger partial charge in [0, 0.05) is 42.3 Å². The van der Waals surface area contributed by atoms with Crippen LogP contribution in [0, 0.1) is 0 Å². The first kappa shape index (κ1) is 16.8. The topological polar surface area (TPSA) is 75.4 Å². The molecule has 6 nitrogen and oxygen atoms in total. The van der Waals surface area contributed by atoms with E-state index < -0.39 is 5.97 Å². The average molecular weight is 369 g/mol. The highest BCUT2D eigenvalue weighted by Crippen LogP contribution is 2.32. The quantitative estimate of drug-likeness (QED) is 0.768. The summed E-state index contributed by atoms with van der Waals surface area (Å²) in [5.41, 5.74) is 1.40. The SMILES string of the molecule is Cn1cc(C2CCCN(C(=O)c3cc4c(C(=O)O)cccc4s3)C2)cn1. The normalized spacial score (nSPS) is 17.6. The fourth-order valence-electron chi connectivity index (χ4n) is 3.59. The molecule has 134 valence electrons. The highest BCUT2D eigenvalue weighted by Gasteiger charge is 2.27. The summed E-state index contributed by atoms with van der Waals surface area (Å²) in [5.74, 6) is -0.691. The number of thiophene rings is 1. The first-order valence-corrected chi connectivity index (χ1v) is 9.38. The molecule has 1 unspecified atom stereocenters. The monoisotopic (exact) mass is 369 g/mol. The average Bonchev–Trinajstić information content (AvgIpc) is 3.26. The lowest BCUT2D eigenvalue weighted by molar-refractivity contribution is 0.0693. The summed E-state index contributed by atoms with van der Waals surface area (Å²) < 4.78 is 2.62. The van der Waals surface area contributed by atoms with Gasteiger partial charge >= 0.3 is 5.97 Å². The van der Waals surface area contributed by atoms with Crippen molar-refractivity contribution in [2.75, 3.05) is 13.1 Å². The number of fused-ring (bicyclic) bond motifs is 1. The van der Waals surface area contributed by atoms with Crippen LogP contribution >= 0.6 is 11.3 Å². The number of carboxylic acid groups (broad SMARTS) is 1. The Hall–Kier alpha value is -2.67. The van der Waals surface area contributed by atoms with E-state index in [-0.39, 0.29) is 11.5 Å². The molecular formula is C19H19N3O3S. The Morgan fingerprint density at radius 2 is 2.19 bits per heavy atom. The number of aromatic carboxylic acids is 1. The molecule has 1 saturated heterocycles. The number of carbonyl (C=O) groups is 2. The predicted molar refractivity (Wildman–Crippen MR) is 99.9 cm³/mol. The number of hydrogen-bond acceptors (Lipinski definition) is 4. The maximum Gasteiger partial charge on any atom is 0.336 e. The van der Waals surface area contributed by atoms with Gasteiger partial charge in [-0.25, -0.2) is 4.79 Å². The Kier molecular flexibility index (Phi) is 4.24. The van der Waals surface area contributed by atoms with E-state index in [1.807, 2.05) is 30.4 Å². The van der Waals surface area contributed by atoms with E-state index in [2.05, 4.69) is 5.10 Å². The zero-order valence-electron chi connectivity index (χ0n) is 14.4. The Morgan fingerprint density at radius 3 is 2.92 bits per heavy atom. The van der Waals surface area contributed by atoms with E-state index in [9.17, 15) is 14.7 Å². The van der Waals surface area contributed by atoms with E-state index in [1.165, 1.54) is 11.3 Å². The molecule has 1 aromatic carbocycles. The van der Waals surface area contributed by atoms with Crippen molar-refractivity contribution in [2.24, 2.45) is 7.05 Å². The summed E-state index contributed by atoms with van der Waals surface area (Å²) in [6.07, 6.45) is 5.88. The first-order valence-electron chi connectivity index (χ1n) is 8.56. The third-order valence-corrected chi connectivity index (χ3v) is 6.00. The molecule has 26 heavy (non-hydrogen) atoms. The van der Waals surface area contributed by atoms with Crippen LogP contribution in [0.1, 0.15) is 44.4 Å². The molecule has 4 rings (SSSR count). The maximum absolute atomic E-state index is 13.0. The van der Waals surface area contributed by atoms with Crippen LogP contribution in [0.25, 0.3) is 10.1 Å². The zero-order valence-corrected chi connectivity index (χ0v) is 15.2. The molecule has 0 bridgehead atoms. The van der Waals surface area contributed by atoms with Crippen LogP contribution in [0.2, 0.25) is 0 Å². The van der Waals surface area contributed by atoms with Crippen molar-refractivity contribution in [3.05, 3.63) is 52.7 Å². The number of hydrogen-bond donors (Lipinski definition) is 1. The van der Waals surface area contributed by atoms with Crippen LogP contribution in [-0.4, -0.2) is 44.8 Å². The summed E-state index contributed by atoms with van der Waals surface area (Å²) in [5, 5.41) is 14.2. The van der Waals surface area contributed by atoms with E-state index in [1.54, 1.807) is 22.9 Å². The lowest BCUT2D eigenvalue weighted by atomic mass is 9.93. The summed E-state index contributed by atoms with van der Waals surface area (Å²) >= 11 is 1.36. The first-order chi connectivity index (χ1) is 12.5. The minimum Gasteiger partial charge on any atom is -0.478 e. The Balaban J connectivity index is 1.60. The molecule has 1 fully saturated rings. The molecular weight excluding hydrogens is 350 g/mol. The van der Waals surface area contributed by atoms with Crippen molar-refractivity contribution < 1.29 is 14.7 Å². The van der Waals surface area contributed by atoms with Crippen LogP contribution < -0.4 is 0 Å². The molecule has 1 atom stereocenters. The summed E-state index contributed by atoms with van der Waals surface area (Å²) in [6, 6.07) is 6.87. The van der Waals surface area contributed by atoms with Crippen LogP contribution in [-0.2, 0) is 7.05 Å². The van der Waals surface area contributed by atoms with Gasteiger partial charge in [0.15, 0.2) is 0 Å². The van der Waals surface area contributed by atoms with Gasteiger partial charge in [-0.15, -0.1) is 11.3 Å². The fourth-order valence-corrected chi connectivity index (χ4v) is 4.65. The van der Waals surface area contributed by atoms with Gasteiger partial charge < -0.3 is 10.0 Å². The molecule has 0 aliphatic carbocycles. The number of piperidine rings is 1. The molecule has 1 aliphatic heterocycles. The minimum atomic E-state index is -0.970. The third-order valence-electron chi connectivity index (χ3n) is 4.91. The summed E-state index contributed by atoms with van der Waals surface area (Å²) in [4.78, 5) is 26.9. The maximum atomic E-state index is 13.0. The van der Waals surface area contributed by atoms with Gasteiger partial charge in [-0.05, 0) is 36.6 Å². The molecule has 3 aromatic rings. The molecule has 1 N–H and O–H groups in total. The van der Waals surface area contributed by atoms with E-state index in [0.29, 0.717) is 22.7 Å². The van der Waals surface area contributed by atoms with Gasteiger partial charge in [0.1, 0.15) is 0 Å². The largest absolute Gasteiger partial charge is 0.478 e. The van der Waals surface area contributed by atoms with Gasteiger partial charge in [-0.2, -0.15) is 5.10 Å². The van der Waals surface area contributed by atoms with Crippen LogP contribution in [0.4, 0.5) is 0 Å². The van der Waals surface area contributed by atoms with Gasteiger partial charge in [-0.1, -0.05) is 6.07 Å². The number of amides is 1. The molecule has 1 aliphatic rings. The zero-order chi connectivity index (χ0) is 18.3. The van der Waals surface area contributed by atoms with Gasteiger partial charge in [0.2, 0.25) is 0 Å². The highest BCUT2D eigenvalue weighted by molar-refractivity contribution is 7.20. The Labute approximate surface area is 154 Å². The molecule has 0 spiro atoms. The summed E-state index contributed by atoms with van der Waals surface area (Å²) in [6.45, 7) is 1.40. The highest BCUT2D eigenvalue weighted by atomic mass is 32.1. The van der Waals surface area contributed by atoms with Crippen LogP contribution in [0.15, 0.2) is 36.7 Å². The number of carbonyl (C=O) groups excluding carboxylic acids is 1. The van der Waals surface area contributed by atoms with Crippen LogP contribution in [0.3, 0.4) is 0 Å². The molecule has 0 saturated carbocycles. The van der Waals surface area contributed by atoms with Gasteiger partial charge in [-0.3, -0.25) is 9.48 Å². The minimum absolute atomic E-state index is 0.0175. The van der Waals surface area contributed by atoms with Crippen molar-refractivity contribution in [3.8, 4) is 0 Å². The Morgan fingerprint density at radius 1 is 1.35 bits per heavy atom. The lowest BCUT2D eigenvalue weighted by Crippen LogP contribution is -2.38. The molecule has 0 radical (unpaired) electrons. The lowest BCUT2D eigenvalue weighted by Gasteiger charge is -2.32. The number of nitrogens with zero attached hydrogens (tertiary/aromatic N) is 3. The molecule has 7 heteroatoms. The molecule has 1 amide bonds. The number of benzene rings is 1. The molecule has 2 aromatic heterocycles. The second-order valence-corrected chi connectivity index (χ2v) is 7.75. The number of aromatic nitrogens is 2. The summed E-state index contributed by atoms with van der Waals surface area (Å²) in [7, 11) is 1.90. The Bertz CT molecular complexity index is 991. The van der Waals surface area contributed by atoms with Gasteiger partial charge in [0.05, 0.1) is 16.6 Å². The fraction of sp³-hybridized carbons (Fsp3) is 0.316. The second kappa shape index (κ2) is 6.57. The van der Waals surface area contributed by atoms with E-state index >= 15 is 0 Å². The molecule has 3 heterocycles. The predicted octanol–water partition coefficient (Wildman–Crippen LogP) is 3.35. The van der Waals surface area contributed by atoms with Crippen molar-refractivity contribution >= 4 is 33.3 Å². The smallest absolute Gasteiger partial charge is 0.336 e. The number of rotatable bonds is 3.